The summed E-state index contributed by atoms with van der Waals surface area (Å²) in [6.07, 6.45) is 2.74. The zero-order valence-corrected chi connectivity index (χ0v) is 13.3. The normalized spacial score (nSPS) is 20.6. The number of allylic oxidation sites excluding steroid dienone is 1. The van der Waals surface area contributed by atoms with E-state index in [1.807, 2.05) is 40.7 Å². The van der Waals surface area contributed by atoms with Crippen molar-refractivity contribution < 1.29 is 9.59 Å². The van der Waals surface area contributed by atoms with Crippen molar-refractivity contribution in [3.8, 4) is 0 Å². The van der Waals surface area contributed by atoms with E-state index in [0.717, 1.165) is 12.0 Å². The van der Waals surface area contributed by atoms with Crippen molar-refractivity contribution >= 4 is 23.6 Å². The van der Waals surface area contributed by atoms with Gasteiger partial charge >= 0.3 is 0 Å². The van der Waals surface area contributed by atoms with Crippen LogP contribution in [0, 0.1) is 0 Å². The number of hydrogen-bond donors (Lipinski definition) is 1. The first-order chi connectivity index (χ1) is 8.76. The van der Waals surface area contributed by atoms with Crippen LogP contribution in [0.1, 0.15) is 41.0 Å². The maximum absolute atomic E-state index is 12.3. The van der Waals surface area contributed by atoms with Crippen molar-refractivity contribution in [3.05, 3.63) is 11.6 Å². The maximum atomic E-state index is 12.3. The summed E-state index contributed by atoms with van der Waals surface area (Å²) in [5, 5.41) is 2.95. The smallest absolute Gasteiger partial charge is 0.250 e. The molecule has 0 aromatic heterocycles. The number of amides is 2. The first-order valence-corrected chi connectivity index (χ1v) is 7.79. The van der Waals surface area contributed by atoms with Crippen LogP contribution in [0.2, 0.25) is 0 Å². The van der Waals surface area contributed by atoms with Gasteiger partial charge in [-0.3, -0.25) is 9.59 Å². The van der Waals surface area contributed by atoms with E-state index < -0.39 is 0 Å². The van der Waals surface area contributed by atoms with E-state index in [9.17, 15) is 9.59 Å². The predicted octanol–water partition coefficient (Wildman–Crippen LogP) is 2.16. The molecular weight excluding hydrogens is 260 g/mol. The van der Waals surface area contributed by atoms with Crippen LogP contribution in [0.5, 0.6) is 0 Å². The summed E-state index contributed by atoms with van der Waals surface area (Å²) >= 11 is 1.63. The molecule has 0 bridgehead atoms. The number of carbonyl (C=O) groups is 2. The van der Waals surface area contributed by atoms with E-state index in [1.165, 1.54) is 0 Å². The van der Waals surface area contributed by atoms with Gasteiger partial charge in [0, 0.05) is 16.9 Å². The number of hydrogen-bond acceptors (Lipinski definition) is 3. The summed E-state index contributed by atoms with van der Waals surface area (Å²) in [7, 11) is 0. The molecule has 0 aliphatic carbocycles. The number of rotatable bonds is 3. The lowest BCUT2D eigenvalue weighted by Crippen LogP contribution is -2.52. The third-order valence-corrected chi connectivity index (χ3v) is 3.80. The molecule has 1 atom stereocenters. The molecule has 1 saturated heterocycles. The Morgan fingerprint density at radius 2 is 2.05 bits per heavy atom. The van der Waals surface area contributed by atoms with Crippen LogP contribution in [-0.4, -0.2) is 39.9 Å². The van der Waals surface area contributed by atoms with Crippen molar-refractivity contribution in [2.75, 3.05) is 11.6 Å². The average Bonchev–Trinajstić information content (AvgIpc) is 2.74. The Morgan fingerprint density at radius 3 is 2.58 bits per heavy atom. The molecule has 0 aromatic carbocycles. The highest BCUT2D eigenvalue weighted by Gasteiger charge is 2.36. The predicted molar refractivity (Wildman–Crippen MR) is 79.9 cm³/mol. The van der Waals surface area contributed by atoms with Crippen LogP contribution in [-0.2, 0) is 9.59 Å². The molecule has 1 rings (SSSR count). The maximum Gasteiger partial charge on any atom is 0.250 e. The van der Waals surface area contributed by atoms with Crippen molar-refractivity contribution in [1.82, 2.24) is 10.2 Å². The molecule has 0 saturated carbocycles. The Morgan fingerprint density at radius 1 is 1.42 bits per heavy atom. The van der Waals surface area contributed by atoms with E-state index in [0.29, 0.717) is 11.6 Å². The fraction of sp³-hybridized carbons (Fsp3) is 0.714. The number of nitrogens with zero attached hydrogens (tertiary/aromatic N) is 1. The van der Waals surface area contributed by atoms with Gasteiger partial charge in [-0.25, -0.2) is 0 Å². The van der Waals surface area contributed by atoms with Gasteiger partial charge in [-0.15, -0.1) is 11.8 Å². The first kappa shape index (κ1) is 16.1. The molecule has 4 nitrogen and oxygen atoms in total. The molecule has 1 N–H and O–H groups in total. The summed E-state index contributed by atoms with van der Waals surface area (Å²) in [6, 6.07) is -0.350. The zero-order chi connectivity index (χ0) is 14.6. The van der Waals surface area contributed by atoms with Gasteiger partial charge in [0.2, 0.25) is 5.91 Å². The lowest BCUT2D eigenvalue weighted by atomic mass is 10.1. The Bertz CT molecular complexity index is 385. The first-order valence-electron chi connectivity index (χ1n) is 6.63. The molecule has 108 valence electrons. The van der Waals surface area contributed by atoms with E-state index in [-0.39, 0.29) is 23.4 Å². The van der Waals surface area contributed by atoms with E-state index in [4.69, 9.17) is 0 Å². The van der Waals surface area contributed by atoms with E-state index >= 15 is 0 Å². The van der Waals surface area contributed by atoms with Crippen LogP contribution >= 0.6 is 11.8 Å². The van der Waals surface area contributed by atoms with Gasteiger partial charge in [0.1, 0.15) is 6.04 Å². The monoisotopic (exact) mass is 284 g/mol. The summed E-state index contributed by atoms with van der Waals surface area (Å²) in [5.74, 6) is 1.18. The number of thioether (sulfide) groups is 1. The Hall–Kier alpha value is -0.970. The van der Waals surface area contributed by atoms with Crippen LogP contribution in [0.25, 0.3) is 0 Å². The van der Waals surface area contributed by atoms with Gasteiger partial charge < -0.3 is 10.2 Å². The summed E-state index contributed by atoms with van der Waals surface area (Å²) in [4.78, 5) is 26.2. The Labute approximate surface area is 120 Å². The van der Waals surface area contributed by atoms with Crippen molar-refractivity contribution in [1.29, 1.82) is 0 Å². The Balaban J connectivity index is 2.77. The van der Waals surface area contributed by atoms with Crippen molar-refractivity contribution in [2.45, 2.75) is 52.6 Å². The molecule has 1 heterocycles. The van der Waals surface area contributed by atoms with Gasteiger partial charge in [0.25, 0.3) is 5.91 Å². The van der Waals surface area contributed by atoms with Crippen LogP contribution < -0.4 is 5.32 Å². The second-order valence-corrected chi connectivity index (χ2v) is 6.83. The lowest BCUT2D eigenvalue weighted by Gasteiger charge is -2.27. The quantitative estimate of drug-likeness (QED) is 0.808. The summed E-state index contributed by atoms with van der Waals surface area (Å²) in [5.41, 5.74) is 0.450. The molecular formula is C14H24N2O2S. The topological polar surface area (TPSA) is 49.4 Å². The van der Waals surface area contributed by atoms with Crippen LogP contribution in [0.3, 0.4) is 0 Å². The Kier molecular flexibility index (Phi) is 5.47. The van der Waals surface area contributed by atoms with Crippen LogP contribution in [0.4, 0.5) is 0 Å². The van der Waals surface area contributed by atoms with Gasteiger partial charge in [-0.05, 0) is 34.1 Å². The molecule has 0 aromatic rings. The second kappa shape index (κ2) is 6.46. The highest BCUT2D eigenvalue weighted by atomic mass is 32.2. The zero-order valence-electron chi connectivity index (χ0n) is 12.4. The fourth-order valence-electron chi connectivity index (χ4n) is 1.93. The van der Waals surface area contributed by atoms with Crippen molar-refractivity contribution in [3.63, 3.8) is 0 Å². The third kappa shape index (κ3) is 4.56. The molecule has 19 heavy (non-hydrogen) atoms. The SMILES string of the molecule is CC/C=C(/C)C(=O)N1CSC[C@@H]1C(=O)NC(C)(C)C. The fourth-order valence-corrected chi connectivity index (χ4v) is 3.09. The van der Waals surface area contributed by atoms with E-state index in [2.05, 4.69) is 5.32 Å². The number of nitrogens with one attached hydrogen (secondary N) is 1. The van der Waals surface area contributed by atoms with Crippen LogP contribution in [0.15, 0.2) is 11.6 Å². The van der Waals surface area contributed by atoms with E-state index in [1.54, 1.807) is 16.7 Å². The minimum Gasteiger partial charge on any atom is -0.350 e. The molecule has 0 spiro atoms. The highest BCUT2D eigenvalue weighted by molar-refractivity contribution is 7.99. The molecule has 1 fully saturated rings. The standard InChI is InChI=1S/C14H24N2O2S/c1-6-7-10(2)13(18)16-9-19-8-11(16)12(17)15-14(3,4)5/h7,11H,6,8-9H2,1-5H3,(H,15,17)/b10-7-/t11-/m1/s1. The highest BCUT2D eigenvalue weighted by Crippen LogP contribution is 2.23. The minimum atomic E-state index is -0.350. The molecule has 5 heteroatoms. The summed E-state index contributed by atoms with van der Waals surface area (Å²) < 4.78 is 0. The van der Waals surface area contributed by atoms with Crippen molar-refractivity contribution in [2.24, 2.45) is 0 Å². The molecule has 1 aliphatic rings. The molecule has 1 aliphatic heterocycles. The largest absolute Gasteiger partial charge is 0.350 e. The summed E-state index contributed by atoms with van der Waals surface area (Å²) in [6.45, 7) is 9.65. The second-order valence-electron chi connectivity index (χ2n) is 5.83. The van der Waals surface area contributed by atoms with Gasteiger partial charge in [0.15, 0.2) is 0 Å². The average molecular weight is 284 g/mol. The van der Waals surface area contributed by atoms with Gasteiger partial charge in [-0.1, -0.05) is 13.0 Å². The third-order valence-electron chi connectivity index (χ3n) is 2.79. The van der Waals surface area contributed by atoms with Gasteiger partial charge in [-0.2, -0.15) is 0 Å². The molecule has 0 unspecified atom stereocenters. The van der Waals surface area contributed by atoms with Gasteiger partial charge in [0.05, 0.1) is 5.88 Å². The minimum absolute atomic E-state index is 0.0269. The lowest BCUT2D eigenvalue weighted by molar-refractivity contribution is -0.136. The molecule has 2 amide bonds. The number of carbonyl (C=O) groups excluding carboxylic acids is 2. The molecule has 0 radical (unpaired) electrons.